The molecule has 44 heavy (non-hydrogen) atoms. The summed E-state index contributed by atoms with van der Waals surface area (Å²) < 4.78 is 22.9. The molecule has 1 saturated heterocycles. The lowest BCUT2D eigenvalue weighted by Crippen LogP contribution is -2.57. The molecule has 2 aliphatic heterocycles. The van der Waals surface area contributed by atoms with Gasteiger partial charge in [-0.2, -0.15) is 0 Å². The van der Waals surface area contributed by atoms with Crippen LogP contribution in [0.4, 0.5) is 4.79 Å². The molecule has 2 aliphatic carbocycles. The minimum absolute atomic E-state index is 0.108. The largest absolute Gasteiger partial charge is 0.497 e. The van der Waals surface area contributed by atoms with Gasteiger partial charge in [-0.15, -0.1) is 0 Å². The van der Waals surface area contributed by atoms with Crippen molar-refractivity contribution >= 4 is 35.1 Å². The number of methoxy groups -OCH3 is 2. The number of carbonyl (C=O) groups is 3. The number of aromatic nitrogens is 2. The van der Waals surface area contributed by atoms with E-state index in [2.05, 4.69) is 11.4 Å². The Morgan fingerprint density at radius 1 is 1.05 bits per heavy atom. The number of fused-ring (bicyclic) bond motifs is 7. The molecule has 2 bridgehead atoms. The van der Waals surface area contributed by atoms with Gasteiger partial charge in [0.05, 0.1) is 31.8 Å². The van der Waals surface area contributed by atoms with E-state index in [9.17, 15) is 14.4 Å². The number of hydrogen-bond donors (Lipinski definition) is 1. The van der Waals surface area contributed by atoms with Crippen molar-refractivity contribution in [3.8, 4) is 11.6 Å². The van der Waals surface area contributed by atoms with Crippen LogP contribution in [-0.4, -0.2) is 77.9 Å². The molecule has 236 valence electrons. The number of rotatable bonds is 2. The van der Waals surface area contributed by atoms with Crippen molar-refractivity contribution in [2.24, 2.45) is 23.2 Å². The van der Waals surface area contributed by atoms with Crippen LogP contribution in [0.5, 0.6) is 11.6 Å². The van der Waals surface area contributed by atoms with E-state index in [0.29, 0.717) is 46.1 Å². The summed E-state index contributed by atoms with van der Waals surface area (Å²) in [5.74, 6) is 1.53. The van der Waals surface area contributed by atoms with Gasteiger partial charge in [-0.05, 0) is 73.5 Å². The summed E-state index contributed by atoms with van der Waals surface area (Å²) in [6, 6.07) is 3.68. The van der Waals surface area contributed by atoms with Gasteiger partial charge in [-0.3, -0.25) is 4.79 Å². The molecular weight excluding hydrogens is 564 g/mol. The summed E-state index contributed by atoms with van der Waals surface area (Å²) in [5.41, 5.74) is 1.22. The Bertz CT molecular complexity index is 1470. The number of nitrogens with one attached hydrogen (secondary N) is 1. The highest BCUT2D eigenvalue weighted by Gasteiger charge is 2.54. The van der Waals surface area contributed by atoms with Gasteiger partial charge in [-0.25, -0.2) is 19.6 Å². The van der Waals surface area contributed by atoms with Gasteiger partial charge in [-0.1, -0.05) is 26.8 Å². The molecule has 0 spiro atoms. The fraction of sp³-hybridized carbons (Fsp3) is 0.606. The Kier molecular flexibility index (Phi) is 8.15. The van der Waals surface area contributed by atoms with E-state index in [0.717, 1.165) is 25.7 Å². The van der Waals surface area contributed by atoms with Crippen molar-refractivity contribution < 1.29 is 33.3 Å². The van der Waals surface area contributed by atoms with Gasteiger partial charge in [0.15, 0.2) is 0 Å². The van der Waals surface area contributed by atoms with Crippen LogP contribution in [0.15, 0.2) is 24.3 Å². The third kappa shape index (κ3) is 6.05. The number of carbonyl (C=O) groups excluding carboxylic acids is 3. The first kappa shape index (κ1) is 30.1. The summed E-state index contributed by atoms with van der Waals surface area (Å²) >= 11 is 0. The van der Waals surface area contributed by atoms with Crippen molar-refractivity contribution in [1.82, 2.24) is 20.2 Å². The van der Waals surface area contributed by atoms with E-state index in [1.807, 2.05) is 39.0 Å². The summed E-state index contributed by atoms with van der Waals surface area (Å²) in [4.78, 5) is 51.4. The number of esters is 1. The number of amides is 2. The number of ether oxygens (including phenoxy) is 4. The second kappa shape index (κ2) is 11.9. The molecule has 7 atom stereocenters. The first-order valence-corrected chi connectivity index (χ1v) is 15.6. The lowest BCUT2D eigenvalue weighted by molar-refractivity contribution is -0.152. The van der Waals surface area contributed by atoms with E-state index in [4.69, 9.17) is 28.9 Å². The smallest absolute Gasteiger partial charge is 0.408 e. The molecule has 1 N–H and O–H groups in total. The normalized spacial score (nSPS) is 31.3. The minimum atomic E-state index is -0.930. The number of hydrogen-bond acceptors (Lipinski definition) is 9. The monoisotopic (exact) mass is 606 g/mol. The highest BCUT2D eigenvalue weighted by atomic mass is 16.6. The molecule has 0 radical (unpaired) electrons. The predicted molar refractivity (Wildman–Crippen MR) is 162 cm³/mol. The van der Waals surface area contributed by atoms with Gasteiger partial charge in [0.25, 0.3) is 0 Å². The van der Waals surface area contributed by atoms with Crippen LogP contribution in [0.3, 0.4) is 0 Å². The van der Waals surface area contributed by atoms with E-state index >= 15 is 0 Å². The Balaban J connectivity index is 1.37. The standard InChI is InChI=1S/C33H42N4O7/c1-33(2,3)28-30(38)37-17-20(16-26(37)31(39)42-5)43-29-24(34-23-12-11-19(41-4)15-25(23)35-29)10-8-6-7-9-21-22-13-18(22)14-27(21)44-32(40)36-28/h8,10-12,15,18,20-22,26-28H,6-7,9,13-14,16-17H2,1-5H3,(H,36,40)/b10-8+/t18?,20-,21-,22+,26+,27-,28-/m1/s1. The van der Waals surface area contributed by atoms with Crippen LogP contribution in [0.25, 0.3) is 17.1 Å². The molecule has 4 aliphatic rings. The first-order valence-electron chi connectivity index (χ1n) is 15.6. The molecular formula is C33H42N4O7. The second-order valence-corrected chi connectivity index (χ2v) is 13.6. The molecule has 2 saturated carbocycles. The average molecular weight is 607 g/mol. The molecule has 1 aromatic carbocycles. The Morgan fingerprint density at radius 2 is 1.86 bits per heavy atom. The van der Waals surface area contributed by atoms with Crippen LogP contribution in [0, 0.1) is 23.2 Å². The van der Waals surface area contributed by atoms with Gasteiger partial charge in [0.2, 0.25) is 11.8 Å². The van der Waals surface area contributed by atoms with E-state index in [1.165, 1.54) is 18.4 Å². The number of alkyl carbamates (subject to hydrolysis) is 1. The zero-order valence-electron chi connectivity index (χ0n) is 26.1. The maximum absolute atomic E-state index is 14.1. The fourth-order valence-corrected chi connectivity index (χ4v) is 7.12. The quantitative estimate of drug-likeness (QED) is 0.491. The van der Waals surface area contributed by atoms with Crippen molar-refractivity contribution in [3.05, 3.63) is 30.0 Å². The molecule has 1 aromatic heterocycles. The lowest BCUT2D eigenvalue weighted by Gasteiger charge is -2.35. The highest BCUT2D eigenvalue weighted by Crippen LogP contribution is 2.57. The van der Waals surface area contributed by atoms with E-state index in [-0.39, 0.29) is 19.1 Å². The second-order valence-electron chi connectivity index (χ2n) is 13.6. The molecule has 3 fully saturated rings. The Labute approximate surface area is 257 Å². The fourth-order valence-electron chi connectivity index (χ4n) is 7.12. The van der Waals surface area contributed by atoms with Crippen LogP contribution in [0.2, 0.25) is 0 Å². The Morgan fingerprint density at radius 3 is 2.61 bits per heavy atom. The topological polar surface area (TPSA) is 129 Å². The molecule has 2 aromatic rings. The van der Waals surface area contributed by atoms with E-state index in [1.54, 1.807) is 13.2 Å². The van der Waals surface area contributed by atoms with Crippen molar-refractivity contribution in [2.75, 3.05) is 20.8 Å². The molecule has 6 rings (SSSR count). The maximum atomic E-state index is 14.1. The van der Waals surface area contributed by atoms with Crippen molar-refractivity contribution in [1.29, 1.82) is 0 Å². The lowest BCUT2D eigenvalue weighted by atomic mass is 9.85. The molecule has 11 heteroatoms. The molecule has 11 nitrogen and oxygen atoms in total. The SMILES string of the molecule is COC(=O)[C@@H]1C[C@@H]2CN1C(=O)[C@H](C(C)(C)C)NC(=O)O[C@@H]1CC3C[C@@H]3[C@H]1CCC/C=C/c1nc3ccc(OC)cc3nc1O2. The van der Waals surface area contributed by atoms with Crippen molar-refractivity contribution in [3.63, 3.8) is 0 Å². The third-order valence-corrected chi connectivity index (χ3v) is 9.52. The first-order chi connectivity index (χ1) is 21.0. The summed E-state index contributed by atoms with van der Waals surface area (Å²) in [5, 5.41) is 2.87. The minimum Gasteiger partial charge on any atom is -0.497 e. The zero-order chi connectivity index (χ0) is 31.2. The van der Waals surface area contributed by atoms with E-state index < -0.39 is 41.6 Å². The van der Waals surface area contributed by atoms with Crippen LogP contribution in [0.1, 0.15) is 65.0 Å². The van der Waals surface area contributed by atoms with Crippen LogP contribution >= 0.6 is 0 Å². The highest BCUT2D eigenvalue weighted by molar-refractivity contribution is 5.91. The number of benzene rings is 1. The summed E-state index contributed by atoms with van der Waals surface area (Å²) in [7, 11) is 2.89. The van der Waals surface area contributed by atoms with Crippen LogP contribution in [-0.2, 0) is 19.1 Å². The third-order valence-electron chi connectivity index (χ3n) is 9.52. The van der Waals surface area contributed by atoms with Crippen LogP contribution < -0.4 is 14.8 Å². The summed E-state index contributed by atoms with van der Waals surface area (Å²) in [6.45, 7) is 5.75. The predicted octanol–water partition coefficient (Wildman–Crippen LogP) is 4.52. The van der Waals surface area contributed by atoms with Gasteiger partial charge in [0.1, 0.15) is 35.7 Å². The molecule has 2 amide bonds. The number of allylic oxidation sites excluding steroid dienone is 1. The molecule has 3 heterocycles. The van der Waals surface area contributed by atoms with Gasteiger partial charge < -0.3 is 29.2 Å². The van der Waals surface area contributed by atoms with Gasteiger partial charge in [0, 0.05) is 12.5 Å². The van der Waals surface area contributed by atoms with Crippen molar-refractivity contribution in [2.45, 2.75) is 83.6 Å². The van der Waals surface area contributed by atoms with Gasteiger partial charge >= 0.3 is 12.1 Å². The maximum Gasteiger partial charge on any atom is 0.408 e. The zero-order valence-corrected chi connectivity index (χ0v) is 26.1. The molecule has 1 unspecified atom stereocenters. The number of nitrogens with zero attached hydrogens (tertiary/aromatic N) is 3. The Hall–Kier alpha value is -3.89. The average Bonchev–Trinajstić information content (AvgIpc) is 3.48. The summed E-state index contributed by atoms with van der Waals surface area (Å²) in [6.07, 6.45) is 7.66.